The first-order valence-corrected chi connectivity index (χ1v) is 7.22. The molecule has 1 aromatic rings. The molecule has 1 aromatic carbocycles. The van der Waals surface area contributed by atoms with Gasteiger partial charge in [-0.25, -0.2) is 0 Å². The van der Waals surface area contributed by atoms with Gasteiger partial charge in [0.2, 0.25) is 0 Å². The molecule has 4 rings (SSSR count). The number of hydrogen-bond donors (Lipinski definition) is 1. The van der Waals surface area contributed by atoms with Crippen LogP contribution in [0.25, 0.3) is 0 Å². The average Bonchev–Trinajstić information content (AvgIpc) is 2.75. The number of benzene rings is 1. The lowest BCUT2D eigenvalue weighted by atomic mass is 9.95. The van der Waals surface area contributed by atoms with E-state index in [1.54, 1.807) is 11.1 Å². The molecule has 3 aliphatic rings. The fourth-order valence-corrected chi connectivity index (χ4v) is 4.43. The van der Waals surface area contributed by atoms with E-state index in [9.17, 15) is 0 Å². The second-order valence-corrected chi connectivity index (χ2v) is 6.24. The lowest BCUT2D eigenvalue weighted by molar-refractivity contribution is 0.501. The van der Waals surface area contributed by atoms with E-state index in [1.165, 1.54) is 44.1 Å². The molecule has 0 spiro atoms. The van der Waals surface area contributed by atoms with Gasteiger partial charge >= 0.3 is 0 Å². The van der Waals surface area contributed by atoms with Crippen LogP contribution in [0.4, 0.5) is 0 Å². The third kappa shape index (κ3) is 1.48. The summed E-state index contributed by atoms with van der Waals surface area (Å²) in [5.74, 6) is 2.75. The van der Waals surface area contributed by atoms with Crippen molar-refractivity contribution in [1.29, 1.82) is 0 Å². The number of hydrogen-bond acceptors (Lipinski definition) is 1. The Morgan fingerprint density at radius 3 is 2.59 bits per heavy atom. The quantitative estimate of drug-likeness (QED) is 0.825. The minimum atomic E-state index is 0.316. The zero-order valence-corrected chi connectivity index (χ0v) is 10.4. The molecule has 2 fully saturated rings. The molecule has 0 aromatic heterocycles. The molecule has 2 N–H and O–H groups in total. The van der Waals surface area contributed by atoms with Gasteiger partial charge in [0.05, 0.1) is 0 Å². The van der Waals surface area contributed by atoms with Crippen molar-refractivity contribution in [2.24, 2.45) is 23.5 Å². The van der Waals surface area contributed by atoms with Crippen molar-refractivity contribution in [2.45, 2.75) is 44.6 Å². The van der Waals surface area contributed by atoms with Crippen LogP contribution in [0.1, 0.15) is 48.4 Å². The highest BCUT2D eigenvalue weighted by Gasteiger charge is 2.55. The molecule has 17 heavy (non-hydrogen) atoms. The lowest BCUT2D eigenvalue weighted by Gasteiger charge is -2.15. The maximum atomic E-state index is 6.48. The van der Waals surface area contributed by atoms with Crippen LogP contribution in [-0.2, 0) is 12.8 Å². The Balaban J connectivity index is 1.58. The van der Waals surface area contributed by atoms with Crippen molar-refractivity contribution in [3.8, 4) is 0 Å². The van der Waals surface area contributed by atoms with Crippen LogP contribution >= 0.6 is 0 Å². The van der Waals surface area contributed by atoms with Crippen LogP contribution in [0.2, 0.25) is 0 Å². The first kappa shape index (κ1) is 10.1. The highest BCUT2D eigenvalue weighted by molar-refractivity contribution is 5.37. The maximum Gasteiger partial charge on any atom is 0.0329 e. The van der Waals surface area contributed by atoms with E-state index in [0.717, 1.165) is 17.8 Å². The van der Waals surface area contributed by atoms with E-state index in [2.05, 4.69) is 18.2 Å². The summed E-state index contributed by atoms with van der Waals surface area (Å²) < 4.78 is 0. The number of fused-ring (bicyclic) bond motifs is 2. The van der Waals surface area contributed by atoms with Gasteiger partial charge in [-0.15, -0.1) is 0 Å². The zero-order chi connectivity index (χ0) is 11.4. The Morgan fingerprint density at radius 2 is 1.76 bits per heavy atom. The third-order valence-electron chi connectivity index (χ3n) is 5.39. The second kappa shape index (κ2) is 3.58. The first-order chi connectivity index (χ1) is 8.34. The molecular weight excluding hydrogens is 206 g/mol. The molecule has 0 bridgehead atoms. The van der Waals surface area contributed by atoms with Gasteiger partial charge in [0.25, 0.3) is 0 Å². The molecule has 3 unspecified atom stereocenters. The lowest BCUT2D eigenvalue weighted by Crippen LogP contribution is -2.15. The minimum Gasteiger partial charge on any atom is -0.324 e. The molecule has 2 saturated carbocycles. The van der Waals surface area contributed by atoms with E-state index in [-0.39, 0.29) is 0 Å². The molecular formula is C16H21N. The molecule has 1 nitrogen and oxygen atoms in total. The maximum absolute atomic E-state index is 6.48. The van der Waals surface area contributed by atoms with Gasteiger partial charge in [-0.3, -0.25) is 0 Å². The van der Waals surface area contributed by atoms with Gasteiger partial charge in [-0.05, 0) is 66.5 Å². The van der Waals surface area contributed by atoms with E-state index in [1.807, 2.05) is 0 Å². The topological polar surface area (TPSA) is 26.0 Å². The first-order valence-electron chi connectivity index (χ1n) is 7.22. The summed E-state index contributed by atoms with van der Waals surface area (Å²) in [5.41, 5.74) is 11.0. The minimum absolute atomic E-state index is 0.316. The van der Waals surface area contributed by atoms with Crippen molar-refractivity contribution in [1.82, 2.24) is 0 Å². The summed E-state index contributed by atoms with van der Waals surface area (Å²) in [6, 6.07) is 7.34. The summed E-state index contributed by atoms with van der Waals surface area (Å²) in [6.07, 6.45) is 8.21. The van der Waals surface area contributed by atoms with Crippen LogP contribution in [0.5, 0.6) is 0 Å². The van der Waals surface area contributed by atoms with Crippen LogP contribution < -0.4 is 5.73 Å². The Kier molecular flexibility index (Phi) is 2.14. The molecule has 0 amide bonds. The Hall–Kier alpha value is -0.820. The molecule has 0 heterocycles. The van der Waals surface area contributed by atoms with Gasteiger partial charge in [-0.2, -0.15) is 0 Å². The second-order valence-electron chi connectivity index (χ2n) is 6.24. The van der Waals surface area contributed by atoms with Crippen molar-refractivity contribution in [3.63, 3.8) is 0 Å². The van der Waals surface area contributed by atoms with E-state index in [0.29, 0.717) is 6.04 Å². The predicted molar refractivity (Wildman–Crippen MR) is 69.7 cm³/mol. The van der Waals surface area contributed by atoms with E-state index in [4.69, 9.17) is 5.73 Å². The van der Waals surface area contributed by atoms with Gasteiger partial charge in [0.1, 0.15) is 0 Å². The normalized spacial score (nSPS) is 35.5. The van der Waals surface area contributed by atoms with Crippen molar-refractivity contribution in [2.75, 3.05) is 0 Å². The Labute approximate surface area is 103 Å². The highest BCUT2D eigenvalue weighted by atomic mass is 14.7. The standard InChI is InChI=1S/C16H21N/c17-16(15-13-5-2-6-14(13)15)12-8-7-10-3-1-4-11(10)9-12/h7-9,13-16H,1-6,17H2. The van der Waals surface area contributed by atoms with Crippen LogP contribution in [0.3, 0.4) is 0 Å². The van der Waals surface area contributed by atoms with Crippen molar-refractivity contribution >= 4 is 0 Å². The van der Waals surface area contributed by atoms with Gasteiger partial charge in [0, 0.05) is 6.04 Å². The van der Waals surface area contributed by atoms with Crippen molar-refractivity contribution < 1.29 is 0 Å². The molecule has 3 atom stereocenters. The van der Waals surface area contributed by atoms with Gasteiger partial charge in [0.15, 0.2) is 0 Å². The summed E-state index contributed by atoms with van der Waals surface area (Å²) >= 11 is 0. The number of aryl methyl sites for hydroxylation is 2. The SMILES string of the molecule is NC(c1ccc2c(c1)CCC2)C1C2CCCC21. The Morgan fingerprint density at radius 1 is 1.00 bits per heavy atom. The van der Waals surface area contributed by atoms with Crippen LogP contribution in [0.15, 0.2) is 18.2 Å². The average molecular weight is 227 g/mol. The summed E-state index contributed by atoms with van der Waals surface area (Å²) in [4.78, 5) is 0. The smallest absolute Gasteiger partial charge is 0.0329 e. The summed E-state index contributed by atoms with van der Waals surface area (Å²) in [6.45, 7) is 0. The molecule has 0 aliphatic heterocycles. The number of nitrogens with two attached hydrogens (primary N) is 1. The molecule has 3 aliphatic carbocycles. The predicted octanol–water partition coefficient (Wildman–Crippen LogP) is 3.22. The molecule has 0 saturated heterocycles. The van der Waals surface area contributed by atoms with E-state index >= 15 is 0 Å². The fourth-order valence-electron chi connectivity index (χ4n) is 4.43. The molecule has 90 valence electrons. The van der Waals surface area contributed by atoms with Gasteiger partial charge < -0.3 is 5.73 Å². The Bertz CT molecular complexity index is 441. The monoisotopic (exact) mass is 227 g/mol. The summed E-state index contributed by atoms with van der Waals surface area (Å²) in [5, 5.41) is 0. The number of rotatable bonds is 2. The van der Waals surface area contributed by atoms with Gasteiger partial charge in [-0.1, -0.05) is 24.6 Å². The fraction of sp³-hybridized carbons (Fsp3) is 0.625. The third-order valence-corrected chi connectivity index (χ3v) is 5.39. The highest BCUT2D eigenvalue weighted by Crippen LogP contribution is 2.61. The molecule has 1 heteroatoms. The largest absolute Gasteiger partial charge is 0.324 e. The van der Waals surface area contributed by atoms with Crippen LogP contribution in [-0.4, -0.2) is 0 Å². The zero-order valence-electron chi connectivity index (χ0n) is 10.4. The van der Waals surface area contributed by atoms with Crippen LogP contribution in [0, 0.1) is 17.8 Å². The van der Waals surface area contributed by atoms with Crippen molar-refractivity contribution in [3.05, 3.63) is 34.9 Å². The summed E-state index contributed by atoms with van der Waals surface area (Å²) in [7, 11) is 0. The van der Waals surface area contributed by atoms with E-state index < -0.39 is 0 Å². The molecule has 0 radical (unpaired) electrons.